The van der Waals surface area contributed by atoms with E-state index in [1.165, 1.54) is 0 Å². The van der Waals surface area contributed by atoms with E-state index < -0.39 is 0 Å². The molecule has 0 amide bonds. The predicted octanol–water partition coefficient (Wildman–Crippen LogP) is -0.505. The summed E-state index contributed by atoms with van der Waals surface area (Å²) < 4.78 is 0. The predicted molar refractivity (Wildman–Crippen MR) is 6.44 cm³/mol. The largest absolute Gasteiger partial charge is 0 e. The molecule has 0 bridgehead atoms. The Kier molecular flexibility index (Phi) is 210. The molecule has 0 unspecified atom stereocenters. The fourth-order valence-electron chi connectivity index (χ4n) is 0. The van der Waals surface area contributed by atoms with Crippen LogP contribution in [0.4, 0.5) is 0 Å². The molecule has 1 nitrogen and oxygen atoms in total. The van der Waals surface area contributed by atoms with E-state index in [1.807, 2.05) is 0 Å². The number of hydrogen-bond acceptors (Lipinski definition) is 0. The summed E-state index contributed by atoms with van der Waals surface area (Å²) in [6, 6.07) is 0. The molecule has 0 fully saturated rings. The van der Waals surface area contributed by atoms with E-state index in [1.54, 1.807) is 0 Å². The topological polar surface area (TPSA) is 28.5 Å². The second-order valence-corrected chi connectivity index (χ2v) is 0. The quantitative estimate of drug-likeness (QED) is 0.461. The van der Waals surface area contributed by atoms with Crippen LogP contribution in [0.1, 0.15) is 0 Å². The Bertz CT molecular complexity index is 11.6. The Morgan fingerprint density at radius 1 is 1.00 bits per heavy atom. The molecule has 0 aromatic rings. The van der Waals surface area contributed by atoms with Crippen LogP contribution in [0.5, 0.6) is 0 Å². The van der Waals surface area contributed by atoms with Crippen LogP contribution in [0.15, 0.2) is 0 Å². The van der Waals surface area contributed by atoms with E-state index in [0.717, 1.165) is 0 Å². The molecule has 19 valence electrons. The zero-order chi connectivity index (χ0) is 0. The molecule has 0 rings (SSSR count). The van der Waals surface area contributed by atoms with Gasteiger partial charge in [-0.15, -0.1) is 0 Å². The normalized spacial score (nSPS) is 0. The van der Waals surface area contributed by atoms with Gasteiger partial charge in [0.15, 0.2) is 0 Å². The maximum Gasteiger partial charge on any atom is 0 e. The van der Waals surface area contributed by atoms with Crippen molar-refractivity contribution in [3.63, 3.8) is 0 Å². The Morgan fingerprint density at radius 2 is 1.00 bits per heavy atom. The van der Waals surface area contributed by atoms with Gasteiger partial charge in [-0.2, -0.15) is 0 Å². The second-order valence-electron chi connectivity index (χ2n) is 0. The van der Waals surface area contributed by atoms with E-state index in [2.05, 4.69) is 0 Å². The summed E-state index contributed by atoms with van der Waals surface area (Å²) in [5, 5.41) is 0. The minimum atomic E-state index is 0. The first-order valence-electron chi connectivity index (χ1n) is 0. The van der Waals surface area contributed by atoms with Crippen molar-refractivity contribution in [2.45, 2.75) is 0 Å². The van der Waals surface area contributed by atoms with Crippen LogP contribution in [0.2, 0.25) is 0 Å². The summed E-state index contributed by atoms with van der Waals surface area (Å²) in [6.45, 7) is 0. The van der Waals surface area contributed by atoms with Gasteiger partial charge in [0.05, 0.1) is 0 Å². The third-order valence-corrected chi connectivity index (χ3v) is 0. The van der Waals surface area contributed by atoms with Crippen molar-refractivity contribution >= 4 is 18.9 Å². The smallest absolute Gasteiger partial charge is 0 e. The minimum Gasteiger partial charge on any atom is 0 e. The monoisotopic (exact) mass is 433 g/mol. The average Bonchev–Trinajstić information content (AvgIpc) is 0. The van der Waals surface area contributed by atoms with Gasteiger partial charge in [-0.1, -0.05) is 0 Å². The Hall–Kier alpha value is 3.38. The molecule has 0 aromatic heterocycles. The fraction of sp³-hybridized carbons (Fsp3) is 0. The van der Waals surface area contributed by atoms with Crippen molar-refractivity contribution in [1.29, 1.82) is 0 Å². The standard InChI is InChI=1S/La.Li.O.Ta.Zr. The molecule has 0 atom stereocenters. The average molecular weight is 434 g/mol. The molecule has 5 heteroatoms. The van der Waals surface area contributed by atoms with E-state index in [0.29, 0.717) is 0 Å². The molecule has 0 saturated heterocycles. The summed E-state index contributed by atoms with van der Waals surface area (Å²) in [6.07, 6.45) is 0. The third kappa shape index (κ3) is 18.7. The van der Waals surface area contributed by atoms with Crippen LogP contribution in [-0.4, -0.2) is 18.9 Å². The Balaban J connectivity index is 0. The van der Waals surface area contributed by atoms with Gasteiger partial charge in [0.1, 0.15) is 0 Å². The van der Waals surface area contributed by atoms with Gasteiger partial charge in [0.25, 0.3) is 0 Å². The van der Waals surface area contributed by atoms with E-state index >= 15 is 0 Å². The summed E-state index contributed by atoms with van der Waals surface area (Å²) in [5.41, 5.74) is 0. The number of hydrogen-bond donors (Lipinski definition) is 0. The summed E-state index contributed by atoms with van der Waals surface area (Å²) >= 11 is 0. The van der Waals surface area contributed by atoms with Crippen LogP contribution in [-0.2, 0) is 54.1 Å². The zero-order valence-electron chi connectivity index (χ0n) is 2.93. The summed E-state index contributed by atoms with van der Waals surface area (Å²) in [4.78, 5) is 0. The van der Waals surface area contributed by atoms with Gasteiger partial charge in [-0.3, -0.25) is 0 Å². The maximum atomic E-state index is 0. The van der Waals surface area contributed by atoms with Crippen LogP contribution in [0.3, 0.4) is 0 Å². The Morgan fingerprint density at radius 3 is 1.00 bits per heavy atom. The maximum absolute atomic E-state index is 0. The first-order chi connectivity index (χ1) is 0. The van der Waals surface area contributed by atoms with Crippen molar-refractivity contribution in [1.82, 2.24) is 0 Å². The first-order valence-corrected chi connectivity index (χ1v) is 0. The molecule has 0 heterocycles. The van der Waals surface area contributed by atoms with Crippen molar-refractivity contribution in [3.8, 4) is 0 Å². The van der Waals surface area contributed by atoms with Gasteiger partial charge in [0.2, 0.25) is 0 Å². The summed E-state index contributed by atoms with van der Waals surface area (Å²) in [5.74, 6) is 0. The molecule has 0 aliphatic heterocycles. The van der Waals surface area contributed by atoms with Crippen LogP contribution < -0.4 is 0 Å². The van der Waals surface area contributed by atoms with Gasteiger partial charge in [-0.05, 0) is 0 Å². The first kappa shape index (κ1) is 40.0. The van der Waals surface area contributed by atoms with Gasteiger partial charge in [0, 0.05) is 109 Å². The van der Waals surface area contributed by atoms with E-state index in [9.17, 15) is 0 Å². The van der Waals surface area contributed by atoms with Crippen LogP contribution in [0.25, 0.3) is 0 Å². The van der Waals surface area contributed by atoms with E-state index in [4.69, 9.17) is 0 Å². The molecule has 0 aliphatic carbocycles. The molecule has 0 aliphatic rings. The molecular formula is LaLiOTaZr. The van der Waals surface area contributed by atoms with Crippen molar-refractivity contribution < 1.29 is 89.7 Å². The third-order valence-electron chi connectivity index (χ3n) is 0. The Labute approximate surface area is 106 Å². The van der Waals surface area contributed by atoms with Crippen molar-refractivity contribution in [2.24, 2.45) is 0 Å². The second kappa shape index (κ2) is 26.3. The van der Waals surface area contributed by atoms with Crippen molar-refractivity contribution in [2.75, 3.05) is 0 Å². The van der Waals surface area contributed by atoms with Crippen LogP contribution in [0, 0.1) is 35.6 Å². The SMILES string of the molecule is [La].[Li].[O].[Ta].[Zr]. The molecule has 0 saturated carbocycles. The van der Waals surface area contributed by atoms with Crippen LogP contribution >= 0.6 is 0 Å². The zero-order valence-corrected chi connectivity index (χ0v) is 12.2. The molecule has 0 N–H and O–H groups in total. The molecule has 0 aromatic carbocycles. The molecule has 5 radical (unpaired) electrons. The molecule has 0 spiro atoms. The molecule has 5 heavy (non-hydrogen) atoms. The van der Waals surface area contributed by atoms with Gasteiger partial charge >= 0.3 is 0 Å². The number of rotatable bonds is 0. The van der Waals surface area contributed by atoms with Crippen molar-refractivity contribution in [3.05, 3.63) is 0 Å². The summed E-state index contributed by atoms with van der Waals surface area (Å²) in [7, 11) is 0. The fourth-order valence-corrected chi connectivity index (χ4v) is 0. The van der Waals surface area contributed by atoms with Gasteiger partial charge < -0.3 is 0 Å². The van der Waals surface area contributed by atoms with E-state index in [-0.39, 0.29) is 109 Å². The minimum absolute atomic E-state index is 0. The molecular weight excluding hydrogens is 434 g/mol. The van der Waals surface area contributed by atoms with Gasteiger partial charge in [-0.25, -0.2) is 0 Å².